The summed E-state index contributed by atoms with van der Waals surface area (Å²) in [4.78, 5) is 29.0. The van der Waals surface area contributed by atoms with E-state index in [0.29, 0.717) is 28.4 Å². The van der Waals surface area contributed by atoms with Gasteiger partial charge in [-0.15, -0.1) is 11.3 Å². The molecule has 0 saturated carbocycles. The molecule has 0 aliphatic heterocycles. The molecule has 0 saturated heterocycles. The minimum atomic E-state index is -4.74. The number of ether oxygens (including phenoxy) is 1. The highest BCUT2D eigenvalue weighted by molar-refractivity contribution is 9.10. The molecule has 0 unspecified atom stereocenters. The first-order chi connectivity index (χ1) is 19.0. The van der Waals surface area contributed by atoms with Gasteiger partial charge in [-0.3, -0.25) is 9.59 Å². The highest BCUT2D eigenvalue weighted by atomic mass is 79.9. The first-order valence-corrected chi connectivity index (χ1v) is 13.3. The molecule has 0 bridgehead atoms. The second kappa shape index (κ2) is 10.8. The van der Waals surface area contributed by atoms with Gasteiger partial charge in [0.2, 0.25) is 0 Å². The fourth-order valence-electron chi connectivity index (χ4n) is 3.94. The number of anilines is 1. The average molecular weight is 630 g/mol. The van der Waals surface area contributed by atoms with E-state index in [1.165, 1.54) is 6.07 Å². The van der Waals surface area contributed by atoms with E-state index in [0.717, 1.165) is 16.1 Å². The lowest BCUT2D eigenvalue weighted by atomic mass is 10.00. The van der Waals surface area contributed by atoms with E-state index < -0.39 is 23.7 Å². The van der Waals surface area contributed by atoms with Gasteiger partial charge >= 0.3 is 6.18 Å². The van der Waals surface area contributed by atoms with Crippen LogP contribution in [-0.2, 0) is 12.8 Å². The van der Waals surface area contributed by atoms with E-state index in [-0.39, 0.29) is 38.7 Å². The Bertz CT molecular complexity index is 1730. The smallest absolute Gasteiger partial charge is 0.433 e. The summed E-state index contributed by atoms with van der Waals surface area (Å²) < 4.78 is 53.3. The van der Waals surface area contributed by atoms with Gasteiger partial charge in [-0.25, -0.2) is 4.98 Å². The number of pyridine rings is 1. The minimum Gasteiger partial charge on any atom is -0.486 e. The second-order valence-corrected chi connectivity index (χ2v) is 10.6. The number of furan rings is 1. The van der Waals surface area contributed by atoms with Crippen LogP contribution in [0.2, 0.25) is 0 Å². The third-order valence-electron chi connectivity index (χ3n) is 5.86. The third-order valence-corrected chi connectivity index (χ3v) is 7.48. The summed E-state index contributed by atoms with van der Waals surface area (Å²) in [5.41, 5.74) is 5.87. The molecule has 3 aromatic heterocycles. The fraction of sp³-hybridized carbons (Fsp3) is 0.107. The number of nitrogens with zero attached hydrogens (tertiary/aromatic N) is 1. The van der Waals surface area contributed by atoms with Gasteiger partial charge in [0.25, 0.3) is 11.8 Å². The summed E-state index contributed by atoms with van der Waals surface area (Å²) in [7, 11) is 0. The summed E-state index contributed by atoms with van der Waals surface area (Å²) in [5, 5.41) is 2.78. The van der Waals surface area contributed by atoms with Crippen LogP contribution in [0.25, 0.3) is 21.3 Å². The number of thiophene rings is 1. The van der Waals surface area contributed by atoms with Gasteiger partial charge in [0.15, 0.2) is 5.76 Å². The summed E-state index contributed by atoms with van der Waals surface area (Å²) in [6, 6.07) is 17.8. The maximum absolute atomic E-state index is 13.7. The summed E-state index contributed by atoms with van der Waals surface area (Å²) in [6.45, 7) is 1.89. The molecular weight excluding hydrogens is 611 g/mol. The molecule has 0 fully saturated rings. The van der Waals surface area contributed by atoms with Crippen molar-refractivity contribution >= 4 is 55.0 Å². The van der Waals surface area contributed by atoms with Gasteiger partial charge < -0.3 is 20.2 Å². The molecule has 2 amide bonds. The lowest BCUT2D eigenvalue weighted by molar-refractivity contribution is -0.140. The zero-order valence-corrected chi connectivity index (χ0v) is 23.0. The molecule has 5 rings (SSSR count). The Balaban J connectivity index is 1.51. The van der Waals surface area contributed by atoms with Crippen molar-refractivity contribution in [3.63, 3.8) is 0 Å². The number of amides is 2. The first kappa shape index (κ1) is 27.4. The minimum absolute atomic E-state index is 0.0432. The maximum Gasteiger partial charge on any atom is 0.433 e. The van der Waals surface area contributed by atoms with E-state index >= 15 is 0 Å². The number of nitrogens with two attached hydrogens (primary N) is 1. The number of benzene rings is 2. The van der Waals surface area contributed by atoms with Gasteiger partial charge in [0, 0.05) is 9.86 Å². The van der Waals surface area contributed by atoms with Crippen molar-refractivity contribution in [3.05, 3.63) is 98.9 Å². The molecule has 40 heavy (non-hydrogen) atoms. The number of hydrogen-bond donors (Lipinski definition) is 2. The van der Waals surface area contributed by atoms with Crippen LogP contribution >= 0.6 is 27.3 Å². The number of primary amides is 1. The number of carbonyl (C=O) groups excluding carboxylic acids is 2. The number of hydrogen-bond acceptors (Lipinski definition) is 6. The number of alkyl halides is 3. The molecule has 5 aromatic rings. The zero-order chi connectivity index (χ0) is 28.6. The number of fused-ring (bicyclic) bond motifs is 1. The van der Waals surface area contributed by atoms with Crippen LogP contribution in [0.1, 0.15) is 37.2 Å². The van der Waals surface area contributed by atoms with E-state index in [4.69, 9.17) is 14.9 Å². The zero-order valence-electron chi connectivity index (χ0n) is 20.6. The Morgan fingerprint density at radius 2 is 1.77 bits per heavy atom. The molecule has 0 spiro atoms. The molecular formula is C28H19BrF3N3O4S. The van der Waals surface area contributed by atoms with Crippen LogP contribution in [0.4, 0.5) is 18.9 Å². The van der Waals surface area contributed by atoms with Crippen LogP contribution < -0.4 is 15.8 Å². The van der Waals surface area contributed by atoms with Crippen LogP contribution in [0.15, 0.2) is 75.6 Å². The summed E-state index contributed by atoms with van der Waals surface area (Å²) in [6.07, 6.45) is -4.74. The molecule has 204 valence electrons. The SMILES string of the molecule is Cc1ccc(-c2cc(C(F)(F)F)nc3sc(C(N)=O)c(NC(=O)c4ccc(COc5ccc(Br)cc5)o4)c23)cc1. The molecule has 2 aromatic carbocycles. The van der Waals surface area contributed by atoms with Crippen molar-refractivity contribution in [3.8, 4) is 16.9 Å². The van der Waals surface area contributed by atoms with E-state index in [2.05, 4.69) is 26.2 Å². The Kier molecular flexibility index (Phi) is 7.39. The number of halogens is 4. The van der Waals surface area contributed by atoms with Crippen molar-refractivity contribution in [1.82, 2.24) is 4.98 Å². The maximum atomic E-state index is 13.7. The topological polar surface area (TPSA) is 107 Å². The molecule has 0 atom stereocenters. The number of aromatic nitrogens is 1. The highest BCUT2D eigenvalue weighted by Gasteiger charge is 2.35. The van der Waals surface area contributed by atoms with Gasteiger partial charge in [-0.05, 0) is 60.5 Å². The van der Waals surface area contributed by atoms with Crippen molar-refractivity contribution in [2.24, 2.45) is 5.73 Å². The van der Waals surface area contributed by atoms with Crippen LogP contribution in [-0.4, -0.2) is 16.8 Å². The van der Waals surface area contributed by atoms with E-state index in [1.54, 1.807) is 42.5 Å². The normalized spacial score (nSPS) is 11.5. The third kappa shape index (κ3) is 5.73. The standard InChI is InChI=1S/C28H19BrF3N3O4S/c1-14-2-4-15(5-3-14)19-12-21(28(30,31)32)34-27-22(19)23(24(40-27)25(33)36)35-26(37)20-11-10-18(39-20)13-38-17-8-6-16(29)7-9-17/h2-12H,13H2,1H3,(H2,33,36)(H,35,37). The van der Waals surface area contributed by atoms with Gasteiger partial charge in [-0.1, -0.05) is 45.8 Å². The monoisotopic (exact) mass is 629 g/mol. The van der Waals surface area contributed by atoms with E-state index in [1.807, 2.05) is 19.1 Å². The van der Waals surface area contributed by atoms with Crippen molar-refractivity contribution in [2.45, 2.75) is 19.7 Å². The second-order valence-electron chi connectivity index (χ2n) is 8.73. The molecule has 3 N–H and O–H groups in total. The van der Waals surface area contributed by atoms with Crippen LogP contribution in [0.5, 0.6) is 5.75 Å². The molecule has 12 heteroatoms. The average Bonchev–Trinajstić information content (AvgIpc) is 3.53. The Morgan fingerprint density at radius 3 is 2.42 bits per heavy atom. The Morgan fingerprint density at radius 1 is 1.07 bits per heavy atom. The predicted octanol–water partition coefficient (Wildman–Crippen LogP) is 7.58. The quantitative estimate of drug-likeness (QED) is 0.193. The first-order valence-electron chi connectivity index (χ1n) is 11.7. The van der Waals surface area contributed by atoms with Crippen molar-refractivity contribution < 1.29 is 31.9 Å². The van der Waals surface area contributed by atoms with Crippen molar-refractivity contribution in [1.29, 1.82) is 0 Å². The van der Waals surface area contributed by atoms with Crippen molar-refractivity contribution in [2.75, 3.05) is 5.32 Å². The lowest BCUT2D eigenvalue weighted by Gasteiger charge is -2.12. The fourth-order valence-corrected chi connectivity index (χ4v) is 5.21. The number of rotatable bonds is 7. The molecule has 0 aliphatic rings. The summed E-state index contributed by atoms with van der Waals surface area (Å²) >= 11 is 4.01. The molecule has 7 nitrogen and oxygen atoms in total. The van der Waals surface area contributed by atoms with Gasteiger partial charge in [-0.2, -0.15) is 13.2 Å². The van der Waals surface area contributed by atoms with E-state index in [9.17, 15) is 22.8 Å². The lowest BCUT2D eigenvalue weighted by Crippen LogP contribution is -2.16. The number of carbonyl (C=O) groups is 2. The highest BCUT2D eigenvalue weighted by Crippen LogP contribution is 2.43. The van der Waals surface area contributed by atoms with Crippen LogP contribution in [0.3, 0.4) is 0 Å². The van der Waals surface area contributed by atoms with Gasteiger partial charge in [0.1, 0.15) is 33.5 Å². The molecule has 0 aliphatic carbocycles. The molecule has 3 heterocycles. The largest absolute Gasteiger partial charge is 0.486 e. The summed E-state index contributed by atoms with van der Waals surface area (Å²) in [5.74, 6) is -0.802. The Labute approximate surface area is 237 Å². The number of nitrogens with one attached hydrogen (secondary N) is 1. The molecule has 0 radical (unpaired) electrons. The Hall–Kier alpha value is -4.16. The predicted molar refractivity (Wildman–Crippen MR) is 148 cm³/mol. The number of aryl methyl sites for hydroxylation is 1. The van der Waals surface area contributed by atoms with Gasteiger partial charge in [0.05, 0.1) is 5.69 Å². The van der Waals surface area contributed by atoms with Crippen LogP contribution in [0, 0.1) is 6.92 Å².